The van der Waals surface area contributed by atoms with Gasteiger partial charge in [-0.25, -0.2) is 0 Å². The van der Waals surface area contributed by atoms with Gasteiger partial charge in [-0.2, -0.15) is 0 Å². The zero-order valence-corrected chi connectivity index (χ0v) is 18.3. The summed E-state index contributed by atoms with van der Waals surface area (Å²) in [7, 11) is 0. The molecular weight excluding hydrogens is 422 g/mol. The smallest absolute Gasteiger partial charge is 0.254 e. The van der Waals surface area contributed by atoms with Crippen LogP contribution in [-0.2, 0) is 14.3 Å². The SMILES string of the molecule is O=C(Nc1cccc(-c2ccc(C(=O)N3CCN(C(=O)C4(O)CC4)CC3)cc2)c1)C1COC1. The van der Waals surface area contributed by atoms with Crippen molar-refractivity contribution in [1.82, 2.24) is 9.80 Å². The van der Waals surface area contributed by atoms with E-state index in [2.05, 4.69) is 5.32 Å². The molecule has 1 aliphatic carbocycles. The molecule has 8 nitrogen and oxygen atoms in total. The normalized spacial score (nSPS) is 19.5. The van der Waals surface area contributed by atoms with E-state index in [1.165, 1.54) is 0 Å². The van der Waals surface area contributed by atoms with Gasteiger partial charge in [0.1, 0.15) is 5.60 Å². The van der Waals surface area contributed by atoms with Gasteiger partial charge in [0.05, 0.1) is 19.1 Å². The Kier molecular flexibility index (Phi) is 5.64. The van der Waals surface area contributed by atoms with Crippen LogP contribution in [0.25, 0.3) is 11.1 Å². The second-order valence-electron chi connectivity index (χ2n) is 9.00. The van der Waals surface area contributed by atoms with E-state index in [9.17, 15) is 19.5 Å². The monoisotopic (exact) mass is 449 g/mol. The zero-order valence-electron chi connectivity index (χ0n) is 18.3. The third-order valence-electron chi connectivity index (χ3n) is 6.58. The third-order valence-corrected chi connectivity index (χ3v) is 6.58. The van der Waals surface area contributed by atoms with Crippen molar-refractivity contribution in [2.75, 3.05) is 44.7 Å². The molecule has 5 rings (SSSR count). The number of nitrogens with one attached hydrogen (secondary N) is 1. The van der Waals surface area contributed by atoms with Crippen LogP contribution in [0.15, 0.2) is 48.5 Å². The van der Waals surface area contributed by atoms with Crippen LogP contribution >= 0.6 is 0 Å². The number of anilines is 1. The van der Waals surface area contributed by atoms with Crippen LogP contribution in [0.5, 0.6) is 0 Å². The Bertz CT molecular complexity index is 1070. The number of benzene rings is 2. The average molecular weight is 450 g/mol. The topological polar surface area (TPSA) is 99.2 Å². The molecule has 2 aromatic rings. The van der Waals surface area contributed by atoms with E-state index in [4.69, 9.17) is 4.74 Å². The molecule has 0 radical (unpaired) electrons. The summed E-state index contributed by atoms with van der Waals surface area (Å²) in [5, 5.41) is 13.0. The predicted octanol–water partition coefficient (Wildman–Crippen LogP) is 1.75. The Hall–Kier alpha value is -3.23. The molecule has 0 atom stereocenters. The van der Waals surface area contributed by atoms with Crippen molar-refractivity contribution >= 4 is 23.4 Å². The van der Waals surface area contributed by atoms with E-state index in [1.54, 1.807) is 21.9 Å². The van der Waals surface area contributed by atoms with E-state index in [0.717, 1.165) is 16.8 Å². The molecule has 2 aromatic carbocycles. The van der Waals surface area contributed by atoms with Gasteiger partial charge in [-0.05, 0) is 48.2 Å². The minimum absolute atomic E-state index is 0.0348. The predicted molar refractivity (Wildman–Crippen MR) is 121 cm³/mol. The van der Waals surface area contributed by atoms with Crippen molar-refractivity contribution in [3.8, 4) is 11.1 Å². The van der Waals surface area contributed by atoms with E-state index in [1.807, 2.05) is 36.4 Å². The minimum atomic E-state index is -1.16. The van der Waals surface area contributed by atoms with Gasteiger partial charge in [-0.15, -0.1) is 0 Å². The van der Waals surface area contributed by atoms with Crippen LogP contribution in [-0.4, -0.2) is 77.6 Å². The largest absolute Gasteiger partial charge is 0.380 e. The maximum Gasteiger partial charge on any atom is 0.254 e. The zero-order chi connectivity index (χ0) is 23.0. The lowest BCUT2D eigenvalue weighted by Crippen LogP contribution is -2.53. The lowest BCUT2D eigenvalue weighted by molar-refractivity contribution is -0.144. The average Bonchev–Trinajstić information content (AvgIpc) is 3.56. The van der Waals surface area contributed by atoms with Crippen LogP contribution in [0.1, 0.15) is 23.2 Å². The van der Waals surface area contributed by atoms with Crippen LogP contribution in [0.4, 0.5) is 5.69 Å². The highest BCUT2D eigenvalue weighted by atomic mass is 16.5. The molecular formula is C25H27N3O5. The number of hydrogen-bond acceptors (Lipinski definition) is 5. The summed E-state index contributed by atoms with van der Waals surface area (Å²) in [6.07, 6.45) is 1.06. The summed E-state index contributed by atoms with van der Waals surface area (Å²) in [4.78, 5) is 40.8. The first-order valence-electron chi connectivity index (χ1n) is 11.3. The number of nitrogens with zero attached hydrogens (tertiary/aromatic N) is 2. The first-order chi connectivity index (χ1) is 15.9. The summed E-state index contributed by atoms with van der Waals surface area (Å²) >= 11 is 0. The number of aliphatic hydroxyl groups is 1. The molecule has 2 N–H and O–H groups in total. The van der Waals surface area contributed by atoms with Gasteiger partial charge in [-0.3, -0.25) is 14.4 Å². The highest BCUT2D eigenvalue weighted by molar-refractivity contribution is 5.96. The number of amides is 3. The van der Waals surface area contributed by atoms with Gasteiger partial charge in [0.15, 0.2) is 0 Å². The molecule has 0 unspecified atom stereocenters. The fourth-order valence-corrected chi connectivity index (χ4v) is 4.13. The van der Waals surface area contributed by atoms with Gasteiger partial charge in [0, 0.05) is 37.4 Å². The molecule has 1 saturated carbocycles. The second kappa shape index (κ2) is 8.61. The molecule has 33 heavy (non-hydrogen) atoms. The van der Waals surface area contributed by atoms with Crippen molar-refractivity contribution in [2.24, 2.45) is 5.92 Å². The van der Waals surface area contributed by atoms with Crippen molar-refractivity contribution in [3.05, 3.63) is 54.1 Å². The molecule has 0 spiro atoms. The van der Waals surface area contributed by atoms with Crippen LogP contribution in [0.3, 0.4) is 0 Å². The Morgan fingerprint density at radius 3 is 2.18 bits per heavy atom. The van der Waals surface area contributed by atoms with Gasteiger partial charge < -0.3 is 25.0 Å². The molecule has 2 heterocycles. The number of carbonyl (C=O) groups is 3. The summed E-state index contributed by atoms with van der Waals surface area (Å²) < 4.78 is 5.07. The highest BCUT2D eigenvalue weighted by Crippen LogP contribution is 2.37. The summed E-state index contributed by atoms with van der Waals surface area (Å²) in [5.74, 6) is -0.397. The molecule has 0 bridgehead atoms. The van der Waals surface area contributed by atoms with E-state index < -0.39 is 5.60 Å². The molecule has 2 aliphatic heterocycles. The number of ether oxygens (including phenoxy) is 1. The van der Waals surface area contributed by atoms with E-state index in [-0.39, 0.29) is 23.6 Å². The lowest BCUT2D eigenvalue weighted by Gasteiger charge is -2.35. The van der Waals surface area contributed by atoms with Gasteiger partial charge in [0.25, 0.3) is 11.8 Å². The lowest BCUT2D eigenvalue weighted by atomic mass is 10.0. The fourth-order valence-electron chi connectivity index (χ4n) is 4.13. The van der Waals surface area contributed by atoms with Gasteiger partial charge >= 0.3 is 0 Å². The molecule has 3 amide bonds. The third kappa shape index (κ3) is 4.49. The van der Waals surface area contributed by atoms with E-state index in [0.29, 0.717) is 57.8 Å². The number of rotatable bonds is 5. The fraction of sp³-hybridized carbons (Fsp3) is 0.400. The Morgan fingerprint density at radius 2 is 1.58 bits per heavy atom. The van der Waals surface area contributed by atoms with Crippen molar-refractivity contribution in [3.63, 3.8) is 0 Å². The van der Waals surface area contributed by atoms with Crippen molar-refractivity contribution in [1.29, 1.82) is 0 Å². The summed E-state index contributed by atoms with van der Waals surface area (Å²) in [5.41, 5.74) is 2.06. The highest BCUT2D eigenvalue weighted by Gasteiger charge is 2.50. The molecule has 3 aliphatic rings. The van der Waals surface area contributed by atoms with Crippen LogP contribution in [0, 0.1) is 5.92 Å². The quantitative estimate of drug-likeness (QED) is 0.725. The second-order valence-corrected chi connectivity index (χ2v) is 9.00. The standard InChI is InChI=1S/C25H27N3O5/c29-22(20-15-33-16-20)26-21-3-1-2-19(14-21)17-4-6-18(7-5-17)23(30)27-10-12-28(13-11-27)24(31)25(32)8-9-25/h1-7,14,20,32H,8-13,15-16H2,(H,26,29). The van der Waals surface area contributed by atoms with Gasteiger partial charge in [0.2, 0.25) is 5.91 Å². The molecule has 2 saturated heterocycles. The van der Waals surface area contributed by atoms with E-state index >= 15 is 0 Å². The van der Waals surface area contributed by atoms with Crippen molar-refractivity contribution in [2.45, 2.75) is 18.4 Å². The van der Waals surface area contributed by atoms with Crippen LogP contribution in [0.2, 0.25) is 0 Å². The molecule has 172 valence electrons. The maximum absolute atomic E-state index is 12.9. The summed E-state index contributed by atoms with van der Waals surface area (Å²) in [6, 6.07) is 15.0. The Balaban J connectivity index is 1.20. The minimum Gasteiger partial charge on any atom is -0.380 e. The number of carbonyl (C=O) groups excluding carboxylic acids is 3. The number of piperazine rings is 1. The van der Waals surface area contributed by atoms with Crippen molar-refractivity contribution < 1.29 is 24.2 Å². The molecule has 3 fully saturated rings. The molecule has 8 heteroatoms. The Morgan fingerprint density at radius 1 is 0.909 bits per heavy atom. The summed E-state index contributed by atoms with van der Waals surface area (Å²) in [6.45, 7) is 2.72. The first-order valence-corrected chi connectivity index (χ1v) is 11.3. The van der Waals surface area contributed by atoms with Crippen LogP contribution < -0.4 is 5.32 Å². The first kappa shape index (κ1) is 21.6. The number of hydrogen-bond donors (Lipinski definition) is 2. The van der Waals surface area contributed by atoms with Gasteiger partial charge in [-0.1, -0.05) is 24.3 Å². The Labute approximate surface area is 192 Å². The molecule has 0 aromatic heterocycles. The maximum atomic E-state index is 12.9.